The van der Waals surface area contributed by atoms with Gasteiger partial charge in [0.1, 0.15) is 17.2 Å². The van der Waals surface area contributed by atoms with E-state index in [1.165, 1.54) is 11.3 Å². The van der Waals surface area contributed by atoms with Crippen LogP contribution in [0.4, 0.5) is 16.5 Å². The molecule has 1 amide bonds. The van der Waals surface area contributed by atoms with Crippen molar-refractivity contribution >= 4 is 55.6 Å². The number of carbonyl (C=O) groups excluding carboxylic acids is 1. The van der Waals surface area contributed by atoms with Crippen LogP contribution in [-0.4, -0.2) is 49.2 Å². The van der Waals surface area contributed by atoms with Crippen molar-refractivity contribution in [2.45, 2.75) is 0 Å². The van der Waals surface area contributed by atoms with Gasteiger partial charge in [0, 0.05) is 44.2 Å². The summed E-state index contributed by atoms with van der Waals surface area (Å²) in [7, 11) is 1.56. The minimum absolute atomic E-state index is 0.267. The van der Waals surface area contributed by atoms with Crippen LogP contribution in [0.1, 0.15) is 10.5 Å². The largest absolute Gasteiger partial charge is 0.457 e. The molecule has 0 unspecified atom stereocenters. The fourth-order valence-corrected chi connectivity index (χ4v) is 4.87. The van der Waals surface area contributed by atoms with Crippen molar-refractivity contribution in [3.05, 3.63) is 65.4 Å². The Balaban J connectivity index is 1.31. The molecular formula is C24H22ClN5O3S. The van der Waals surface area contributed by atoms with E-state index in [0.29, 0.717) is 35.4 Å². The topological polar surface area (TPSA) is 88.6 Å². The third-order valence-corrected chi connectivity index (χ3v) is 6.57. The normalized spacial score (nSPS) is 13.6. The molecule has 0 spiro atoms. The van der Waals surface area contributed by atoms with Gasteiger partial charge in [0.15, 0.2) is 5.13 Å². The van der Waals surface area contributed by atoms with E-state index in [0.717, 1.165) is 39.8 Å². The summed E-state index contributed by atoms with van der Waals surface area (Å²) < 4.78 is 12.3. The molecule has 2 aromatic carbocycles. The second-order valence-electron chi connectivity index (χ2n) is 7.60. The van der Waals surface area contributed by atoms with Crippen molar-refractivity contribution in [2.75, 3.05) is 43.6 Å². The molecule has 1 aliphatic rings. The number of thiazole rings is 1. The van der Waals surface area contributed by atoms with Crippen molar-refractivity contribution in [3.8, 4) is 11.5 Å². The van der Waals surface area contributed by atoms with Gasteiger partial charge in [-0.1, -0.05) is 22.9 Å². The Hall–Kier alpha value is -3.40. The highest BCUT2D eigenvalue weighted by Crippen LogP contribution is 2.35. The molecule has 0 aliphatic carbocycles. The van der Waals surface area contributed by atoms with Crippen LogP contribution in [0.5, 0.6) is 11.5 Å². The minimum atomic E-state index is -0.267. The quantitative estimate of drug-likeness (QED) is 0.385. The Kier molecular flexibility index (Phi) is 6.48. The second kappa shape index (κ2) is 9.84. The number of benzene rings is 2. The van der Waals surface area contributed by atoms with Gasteiger partial charge in [-0.15, -0.1) is 0 Å². The number of pyridine rings is 1. The molecule has 8 nitrogen and oxygen atoms in total. The maximum Gasteiger partial charge on any atom is 0.269 e. The summed E-state index contributed by atoms with van der Waals surface area (Å²) in [4.78, 5) is 22.8. The number of carbonyl (C=O) groups is 1. The van der Waals surface area contributed by atoms with E-state index in [9.17, 15) is 4.79 Å². The van der Waals surface area contributed by atoms with E-state index >= 15 is 0 Å². The summed E-state index contributed by atoms with van der Waals surface area (Å²) in [6, 6.07) is 14.9. The van der Waals surface area contributed by atoms with Crippen LogP contribution < -0.4 is 20.3 Å². The second-order valence-corrected chi connectivity index (χ2v) is 9.03. The number of nitrogens with one attached hydrogen (secondary N) is 2. The van der Waals surface area contributed by atoms with Crippen LogP contribution >= 0.6 is 22.9 Å². The zero-order chi connectivity index (χ0) is 23.5. The highest BCUT2D eigenvalue weighted by molar-refractivity contribution is 7.22. The molecule has 34 heavy (non-hydrogen) atoms. The molecule has 5 rings (SSSR count). The van der Waals surface area contributed by atoms with E-state index < -0.39 is 0 Å². The highest BCUT2D eigenvalue weighted by atomic mass is 35.5. The third-order valence-electron chi connectivity index (χ3n) is 5.34. The SMILES string of the molecule is CNC(=O)c1cc(Oc2ccc3nc(Nc4ccc(N5CCOCC5)c(Cl)c4)sc3c2)ccn1. The summed E-state index contributed by atoms with van der Waals surface area (Å²) in [5, 5.41) is 7.35. The van der Waals surface area contributed by atoms with Crippen molar-refractivity contribution in [1.29, 1.82) is 0 Å². The van der Waals surface area contributed by atoms with Crippen LogP contribution in [-0.2, 0) is 4.74 Å². The van der Waals surface area contributed by atoms with Gasteiger partial charge in [0.05, 0.1) is 34.1 Å². The number of hydrogen-bond donors (Lipinski definition) is 2. The molecule has 3 heterocycles. The number of ether oxygens (including phenoxy) is 2. The van der Waals surface area contributed by atoms with Crippen LogP contribution in [0.3, 0.4) is 0 Å². The Labute approximate surface area is 205 Å². The molecule has 4 aromatic rings. The molecule has 1 fully saturated rings. The van der Waals surface area contributed by atoms with Gasteiger partial charge < -0.3 is 25.0 Å². The molecule has 2 N–H and O–H groups in total. The van der Waals surface area contributed by atoms with E-state index in [1.807, 2.05) is 36.4 Å². The Morgan fingerprint density at radius 2 is 1.94 bits per heavy atom. The van der Waals surface area contributed by atoms with Crippen molar-refractivity contribution < 1.29 is 14.3 Å². The average molecular weight is 496 g/mol. The van der Waals surface area contributed by atoms with E-state index in [4.69, 9.17) is 21.1 Å². The Bertz CT molecular complexity index is 1340. The first-order valence-corrected chi connectivity index (χ1v) is 11.9. The first kappa shape index (κ1) is 22.4. The lowest BCUT2D eigenvalue weighted by Gasteiger charge is -2.29. The Morgan fingerprint density at radius 3 is 2.74 bits per heavy atom. The summed E-state index contributed by atoms with van der Waals surface area (Å²) in [6.07, 6.45) is 1.54. The number of aromatic nitrogens is 2. The van der Waals surface area contributed by atoms with E-state index in [-0.39, 0.29) is 5.91 Å². The number of morpholine rings is 1. The van der Waals surface area contributed by atoms with Gasteiger partial charge >= 0.3 is 0 Å². The molecular weight excluding hydrogens is 474 g/mol. The summed E-state index contributed by atoms with van der Waals surface area (Å²) >= 11 is 8.08. The standard InChI is InChI=1S/C24H22ClN5O3S/c1-26-23(31)20-13-17(6-7-27-20)33-16-3-4-19-22(14-16)34-24(29-19)28-15-2-5-21(18(25)12-15)30-8-10-32-11-9-30/h2-7,12-14H,8-11H2,1H3,(H,26,31)(H,28,29). The van der Waals surface area contributed by atoms with E-state index in [2.05, 4.69) is 25.5 Å². The van der Waals surface area contributed by atoms with Gasteiger partial charge in [-0.25, -0.2) is 4.98 Å². The molecule has 174 valence electrons. The molecule has 1 saturated heterocycles. The van der Waals surface area contributed by atoms with Gasteiger partial charge in [-0.3, -0.25) is 9.78 Å². The lowest BCUT2D eigenvalue weighted by Crippen LogP contribution is -2.36. The summed E-state index contributed by atoms with van der Waals surface area (Å²) in [5.74, 6) is 0.914. The average Bonchev–Trinajstić information content (AvgIpc) is 3.26. The van der Waals surface area contributed by atoms with E-state index in [1.54, 1.807) is 25.4 Å². The maximum atomic E-state index is 11.8. The molecule has 1 aliphatic heterocycles. The zero-order valence-corrected chi connectivity index (χ0v) is 19.9. The number of hydrogen-bond acceptors (Lipinski definition) is 8. The maximum absolute atomic E-state index is 11.8. The smallest absolute Gasteiger partial charge is 0.269 e. The van der Waals surface area contributed by atoms with Crippen molar-refractivity contribution in [3.63, 3.8) is 0 Å². The fraction of sp³-hybridized carbons (Fsp3) is 0.208. The molecule has 10 heteroatoms. The lowest BCUT2D eigenvalue weighted by atomic mass is 10.2. The van der Waals surface area contributed by atoms with Gasteiger partial charge in [-0.05, 0) is 36.4 Å². The van der Waals surface area contributed by atoms with Gasteiger partial charge in [-0.2, -0.15) is 0 Å². The molecule has 0 radical (unpaired) electrons. The zero-order valence-electron chi connectivity index (χ0n) is 18.4. The lowest BCUT2D eigenvalue weighted by molar-refractivity contribution is 0.0958. The summed E-state index contributed by atoms with van der Waals surface area (Å²) in [6.45, 7) is 3.09. The minimum Gasteiger partial charge on any atom is -0.457 e. The number of fused-ring (bicyclic) bond motifs is 1. The molecule has 0 bridgehead atoms. The molecule has 2 aromatic heterocycles. The monoisotopic (exact) mass is 495 g/mol. The molecule has 0 atom stereocenters. The molecule has 0 saturated carbocycles. The predicted molar refractivity (Wildman–Crippen MR) is 135 cm³/mol. The number of halogens is 1. The number of rotatable bonds is 6. The first-order valence-electron chi connectivity index (χ1n) is 10.7. The van der Waals surface area contributed by atoms with Crippen molar-refractivity contribution in [1.82, 2.24) is 15.3 Å². The number of anilines is 3. The van der Waals surface area contributed by atoms with Crippen LogP contribution in [0.15, 0.2) is 54.7 Å². The fourth-order valence-electron chi connectivity index (χ4n) is 3.65. The predicted octanol–water partition coefficient (Wildman–Crippen LogP) is 5.08. The van der Waals surface area contributed by atoms with Crippen LogP contribution in [0, 0.1) is 0 Å². The van der Waals surface area contributed by atoms with Crippen LogP contribution in [0.2, 0.25) is 5.02 Å². The number of amides is 1. The highest BCUT2D eigenvalue weighted by Gasteiger charge is 2.15. The van der Waals surface area contributed by atoms with Crippen molar-refractivity contribution in [2.24, 2.45) is 0 Å². The van der Waals surface area contributed by atoms with Crippen LogP contribution in [0.25, 0.3) is 10.2 Å². The first-order chi connectivity index (χ1) is 16.6. The number of nitrogens with zero attached hydrogens (tertiary/aromatic N) is 3. The van der Waals surface area contributed by atoms with Gasteiger partial charge in [0.25, 0.3) is 5.91 Å². The Morgan fingerprint density at radius 1 is 1.12 bits per heavy atom. The van der Waals surface area contributed by atoms with Gasteiger partial charge in [0.2, 0.25) is 0 Å². The third kappa shape index (κ3) is 4.91. The summed E-state index contributed by atoms with van der Waals surface area (Å²) in [5.41, 5.74) is 3.04.